The summed E-state index contributed by atoms with van der Waals surface area (Å²) < 4.78 is 11.3. The zero-order valence-corrected chi connectivity index (χ0v) is 10.5. The molecule has 0 unspecified atom stereocenters. The monoisotopic (exact) mass is 238 g/mol. The van der Waals surface area contributed by atoms with E-state index in [1.54, 1.807) is 0 Å². The van der Waals surface area contributed by atoms with Gasteiger partial charge >= 0.3 is 0 Å². The fourth-order valence-electron chi connectivity index (χ4n) is 1.64. The third kappa shape index (κ3) is 2.17. The van der Waals surface area contributed by atoms with Crippen molar-refractivity contribution in [3.8, 4) is 11.5 Å². The van der Waals surface area contributed by atoms with E-state index in [0.717, 1.165) is 11.3 Å². The molecule has 0 fully saturated rings. The molecule has 0 atom stereocenters. The molecule has 1 aromatic rings. The second-order valence-electron chi connectivity index (χ2n) is 4.29. The molecule has 3 heteroatoms. The Balaban J connectivity index is 2.42. The van der Waals surface area contributed by atoms with Crippen LogP contribution in [-0.2, 0) is 0 Å². The van der Waals surface area contributed by atoms with Gasteiger partial charge in [-0.15, -0.1) is 0 Å². The van der Waals surface area contributed by atoms with Crippen molar-refractivity contribution in [2.45, 2.75) is 26.4 Å². The minimum Gasteiger partial charge on any atom is -0.492 e. The Morgan fingerprint density at radius 2 is 2.12 bits per heavy atom. The van der Waals surface area contributed by atoms with Crippen LogP contribution in [0.3, 0.4) is 0 Å². The predicted octanol–water partition coefficient (Wildman–Crippen LogP) is 3.92. The molecular weight excluding hydrogens is 224 g/mol. The van der Waals surface area contributed by atoms with E-state index in [1.807, 2.05) is 45.1 Å². The second-order valence-corrected chi connectivity index (χ2v) is 4.70. The maximum Gasteiger partial charge on any atom is 0.141 e. The molecule has 0 saturated carbocycles. The summed E-state index contributed by atoms with van der Waals surface area (Å²) in [6.07, 6.45) is 4.05. The summed E-state index contributed by atoms with van der Waals surface area (Å²) in [7, 11) is 0. The van der Waals surface area contributed by atoms with Gasteiger partial charge in [-0.1, -0.05) is 17.7 Å². The van der Waals surface area contributed by atoms with Crippen LogP contribution in [0.4, 0.5) is 0 Å². The summed E-state index contributed by atoms with van der Waals surface area (Å²) in [4.78, 5) is 0. The Morgan fingerprint density at radius 1 is 1.38 bits per heavy atom. The van der Waals surface area contributed by atoms with Crippen LogP contribution in [0.25, 0.3) is 6.08 Å². The Kier molecular flexibility index (Phi) is 2.85. The molecule has 1 aliphatic heterocycles. The maximum absolute atomic E-state index is 6.10. The number of halogens is 1. The van der Waals surface area contributed by atoms with Gasteiger partial charge < -0.3 is 9.47 Å². The van der Waals surface area contributed by atoms with Crippen LogP contribution in [0, 0.1) is 0 Å². The molecule has 0 saturated heterocycles. The summed E-state index contributed by atoms with van der Waals surface area (Å²) in [6.45, 7) is 6.56. The number of fused-ring (bicyclic) bond motifs is 1. The molecule has 1 aromatic carbocycles. The third-order valence-corrected chi connectivity index (χ3v) is 2.70. The van der Waals surface area contributed by atoms with Crippen LogP contribution in [-0.4, -0.2) is 12.2 Å². The zero-order valence-electron chi connectivity index (χ0n) is 9.71. The first-order valence-electron chi connectivity index (χ1n) is 5.36. The number of hydrogen-bond acceptors (Lipinski definition) is 2. The molecule has 0 bridgehead atoms. The number of rotatable bonds is 2. The highest BCUT2D eigenvalue weighted by Crippen LogP contribution is 2.38. The van der Waals surface area contributed by atoms with Crippen LogP contribution in [0.15, 0.2) is 18.2 Å². The van der Waals surface area contributed by atoms with Crippen LogP contribution in [0.2, 0.25) is 5.02 Å². The van der Waals surface area contributed by atoms with E-state index < -0.39 is 0 Å². The summed E-state index contributed by atoms with van der Waals surface area (Å²) in [5, 5.41) is 0.619. The van der Waals surface area contributed by atoms with Crippen LogP contribution >= 0.6 is 11.6 Å². The van der Waals surface area contributed by atoms with Gasteiger partial charge in [0.25, 0.3) is 0 Å². The molecule has 0 radical (unpaired) electrons. The highest BCUT2D eigenvalue weighted by atomic mass is 35.5. The third-order valence-electron chi connectivity index (χ3n) is 2.40. The van der Waals surface area contributed by atoms with Gasteiger partial charge in [0, 0.05) is 11.6 Å². The van der Waals surface area contributed by atoms with E-state index in [0.29, 0.717) is 17.4 Å². The predicted molar refractivity (Wildman–Crippen MR) is 66.4 cm³/mol. The van der Waals surface area contributed by atoms with Crippen molar-refractivity contribution in [1.29, 1.82) is 0 Å². The molecule has 0 amide bonds. The lowest BCUT2D eigenvalue weighted by Crippen LogP contribution is -2.27. The fraction of sp³-hybridized carbons (Fsp3) is 0.385. The van der Waals surface area contributed by atoms with Crippen molar-refractivity contribution in [1.82, 2.24) is 0 Å². The van der Waals surface area contributed by atoms with Gasteiger partial charge in [-0.25, -0.2) is 0 Å². The van der Waals surface area contributed by atoms with E-state index in [2.05, 4.69) is 0 Å². The SMILES string of the molecule is CCOc1cc2c(cc1Cl)C=CC(C)(C)O2. The number of hydrogen-bond donors (Lipinski definition) is 0. The minimum absolute atomic E-state index is 0.273. The van der Waals surface area contributed by atoms with Crippen LogP contribution in [0.5, 0.6) is 11.5 Å². The molecule has 2 nitrogen and oxygen atoms in total. The first kappa shape index (κ1) is 11.3. The molecule has 16 heavy (non-hydrogen) atoms. The molecule has 1 aliphatic rings. The van der Waals surface area contributed by atoms with Gasteiger partial charge in [0.15, 0.2) is 0 Å². The smallest absolute Gasteiger partial charge is 0.141 e. The molecule has 0 spiro atoms. The summed E-state index contributed by atoms with van der Waals surface area (Å²) in [5.74, 6) is 1.49. The Morgan fingerprint density at radius 3 is 2.81 bits per heavy atom. The largest absolute Gasteiger partial charge is 0.492 e. The lowest BCUT2D eigenvalue weighted by Gasteiger charge is -2.28. The van der Waals surface area contributed by atoms with E-state index in [1.165, 1.54) is 0 Å². The molecule has 86 valence electrons. The summed E-state index contributed by atoms with van der Waals surface area (Å²) in [6, 6.07) is 3.72. The molecule has 0 aliphatic carbocycles. The van der Waals surface area contributed by atoms with Crippen LogP contribution < -0.4 is 9.47 Å². The van der Waals surface area contributed by atoms with Gasteiger partial charge in [0.05, 0.1) is 11.6 Å². The molecule has 2 rings (SSSR count). The van der Waals surface area contributed by atoms with Crippen molar-refractivity contribution in [3.05, 3.63) is 28.8 Å². The number of benzene rings is 1. The lowest BCUT2D eigenvalue weighted by atomic mass is 10.0. The molecule has 1 heterocycles. The van der Waals surface area contributed by atoms with Gasteiger partial charge in [0.1, 0.15) is 17.1 Å². The highest BCUT2D eigenvalue weighted by Gasteiger charge is 2.22. The summed E-state index contributed by atoms with van der Waals surface area (Å²) in [5.41, 5.74) is 0.720. The maximum atomic E-state index is 6.10. The van der Waals surface area contributed by atoms with Crippen molar-refractivity contribution < 1.29 is 9.47 Å². The van der Waals surface area contributed by atoms with E-state index in [-0.39, 0.29) is 5.60 Å². The van der Waals surface area contributed by atoms with E-state index in [4.69, 9.17) is 21.1 Å². The average molecular weight is 239 g/mol. The van der Waals surface area contributed by atoms with E-state index in [9.17, 15) is 0 Å². The first-order chi connectivity index (χ1) is 7.52. The first-order valence-corrected chi connectivity index (χ1v) is 5.74. The van der Waals surface area contributed by atoms with Crippen molar-refractivity contribution >= 4 is 17.7 Å². The average Bonchev–Trinajstić information content (AvgIpc) is 2.19. The Bertz CT molecular complexity index is 436. The van der Waals surface area contributed by atoms with Crippen molar-refractivity contribution in [2.24, 2.45) is 0 Å². The van der Waals surface area contributed by atoms with E-state index >= 15 is 0 Å². The van der Waals surface area contributed by atoms with Gasteiger partial charge in [0.2, 0.25) is 0 Å². The molecule has 0 N–H and O–H groups in total. The van der Waals surface area contributed by atoms with Crippen LogP contribution in [0.1, 0.15) is 26.3 Å². The highest BCUT2D eigenvalue weighted by molar-refractivity contribution is 6.32. The standard InChI is InChI=1S/C13H15ClO2/c1-4-15-12-8-11-9(7-10(12)14)5-6-13(2,3)16-11/h5-8H,4H2,1-3H3. The molecular formula is C13H15ClO2. The quantitative estimate of drug-likeness (QED) is 0.778. The van der Waals surface area contributed by atoms with Gasteiger partial charge in [-0.3, -0.25) is 0 Å². The Labute approximate surface area is 101 Å². The summed E-state index contributed by atoms with van der Waals surface area (Å²) >= 11 is 6.10. The fourth-order valence-corrected chi connectivity index (χ4v) is 1.87. The van der Waals surface area contributed by atoms with Gasteiger partial charge in [-0.05, 0) is 32.9 Å². The topological polar surface area (TPSA) is 18.5 Å². The van der Waals surface area contributed by atoms with Gasteiger partial charge in [-0.2, -0.15) is 0 Å². The van der Waals surface area contributed by atoms with Crippen molar-refractivity contribution in [2.75, 3.05) is 6.61 Å². The zero-order chi connectivity index (χ0) is 11.8. The Hall–Kier alpha value is -1.15. The molecule has 0 aromatic heterocycles. The van der Waals surface area contributed by atoms with Crippen molar-refractivity contribution in [3.63, 3.8) is 0 Å². The number of ether oxygens (including phenoxy) is 2. The lowest BCUT2D eigenvalue weighted by molar-refractivity contribution is 0.158. The normalized spacial score (nSPS) is 16.5. The second kappa shape index (κ2) is 4.02. The minimum atomic E-state index is -0.273.